The molecule has 0 amide bonds. The Bertz CT molecular complexity index is 789. The van der Waals surface area contributed by atoms with E-state index in [1.165, 1.54) is 0 Å². The van der Waals surface area contributed by atoms with Crippen LogP contribution in [0.15, 0.2) is 88.5 Å². The minimum Gasteiger partial charge on any atom is -0.437 e. The van der Waals surface area contributed by atoms with E-state index < -0.39 is 0 Å². The van der Waals surface area contributed by atoms with E-state index in [9.17, 15) is 0 Å². The zero-order valence-electron chi connectivity index (χ0n) is 12.4. The minimum absolute atomic E-state index is 0.501. The topological polar surface area (TPSA) is 34.5 Å². The van der Waals surface area contributed by atoms with Gasteiger partial charge in [-0.1, -0.05) is 54.6 Å². The van der Waals surface area contributed by atoms with Gasteiger partial charge >= 0.3 is 0 Å². The van der Waals surface area contributed by atoms with E-state index in [1.807, 2.05) is 78.9 Å². The van der Waals surface area contributed by atoms with Gasteiger partial charge in [-0.2, -0.15) is 0 Å². The zero-order valence-corrected chi connectivity index (χ0v) is 14.0. The van der Waals surface area contributed by atoms with Crippen LogP contribution in [0.1, 0.15) is 11.3 Å². The largest absolute Gasteiger partial charge is 0.437 e. The molecule has 0 N–H and O–H groups in total. The smallest absolute Gasteiger partial charge is 0.241 e. The summed E-state index contributed by atoms with van der Waals surface area (Å²) in [5.74, 6) is 1.24. The van der Waals surface area contributed by atoms with Gasteiger partial charge in [0.1, 0.15) is 16.0 Å². The summed E-state index contributed by atoms with van der Waals surface area (Å²) in [5, 5.41) is 0. The highest BCUT2D eigenvalue weighted by atomic mass is 79.9. The van der Waals surface area contributed by atoms with E-state index in [0.29, 0.717) is 18.1 Å². The SMILES string of the molecule is Brc1cccc(C(=NCc2ccccc2)Oc2ccccc2)n1. The quantitative estimate of drug-likeness (QED) is 0.375. The van der Waals surface area contributed by atoms with Crippen molar-refractivity contribution < 1.29 is 4.74 Å². The van der Waals surface area contributed by atoms with Crippen LogP contribution in [-0.4, -0.2) is 10.9 Å². The average Bonchev–Trinajstić information content (AvgIpc) is 2.60. The number of pyridine rings is 1. The molecule has 0 aliphatic carbocycles. The van der Waals surface area contributed by atoms with Crippen molar-refractivity contribution in [3.05, 3.63) is 94.7 Å². The fourth-order valence-electron chi connectivity index (χ4n) is 2.04. The third kappa shape index (κ3) is 4.50. The second kappa shape index (κ2) is 7.70. The van der Waals surface area contributed by atoms with Crippen LogP contribution in [0.2, 0.25) is 0 Å². The molecule has 0 saturated carbocycles. The van der Waals surface area contributed by atoms with Gasteiger partial charge in [0.2, 0.25) is 5.90 Å². The highest BCUT2D eigenvalue weighted by Gasteiger charge is 2.09. The summed E-state index contributed by atoms with van der Waals surface area (Å²) in [6.07, 6.45) is 0. The third-order valence-electron chi connectivity index (χ3n) is 3.14. The second-order valence-corrected chi connectivity index (χ2v) is 5.68. The number of hydrogen-bond donors (Lipinski definition) is 0. The number of aromatic nitrogens is 1. The van der Waals surface area contributed by atoms with Gasteiger partial charge in [0, 0.05) is 0 Å². The number of benzene rings is 2. The Balaban J connectivity index is 1.89. The van der Waals surface area contributed by atoms with E-state index >= 15 is 0 Å². The molecule has 0 unspecified atom stereocenters. The molecule has 1 aromatic heterocycles. The molecular formula is C19H15BrN2O. The van der Waals surface area contributed by atoms with Crippen LogP contribution in [-0.2, 0) is 6.54 Å². The first-order chi connectivity index (χ1) is 11.3. The molecule has 0 bridgehead atoms. The average molecular weight is 367 g/mol. The van der Waals surface area contributed by atoms with Gasteiger partial charge in [0.15, 0.2) is 0 Å². The summed E-state index contributed by atoms with van der Waals surface area (Å²) in [6.45, 7) is 0.539. The number of hydrogen-bond acceptors (Lipinski definition) is 3. The second-order valence-electron chi connectivity index (χ2n) is 4.87. The Morgan fingerprint density at radius 3 is 2.26 bits per heavy atom. The Morgan fingerprint density at radius 1 is 0.870 bits per heavy atom. The van der Waals surface area contributed by atoms with Gasteiger partial charge in [0.25, 0.3) is 0 Å². The standard InChI is InChI=1S/C19H15BrN2O/c20-18-13-7-12-17(22-18)19(23-16-10-5-2-6-11-16)21-14-15-8-3-1-4-9-15/h1-13H,14H2. The molecule has 0 aliphatic rings. The Morgan fingerprint density at radius 2 is 1.57 bits per heavy atom. The number of nitrogens with zero attached hydrogens (tertiary/aromatic N) is 2. The van der Waals surface area contributed by atoms with Crippen LogP contribution in [0.3, 0.4) is 0 Å². The Hall–Kier alpha value is -2.46. The van der Waals surface area contributed by atoms with Gasteiger partial charge in [-0.05, 0) is 45.8 Å². The fourth-order valence-corrected chi connectivity index (χ4v) is 2.38. The number of rotatable bonds is 4. The van der Waals surface area contributed by atoms with Crippen molar-refractivity contribution in [2.45, 2.75) is 6.54 Å². The lowest BCUT2D eigenvalue weighted by molar-refractivity contribution is 0.545. The maximum absolute atomic E-state index is 5.94. The van der Waals surface area contributed by atoms with Crippen molar-refractivity contribution in [3.63, 3.8) is 0 Å². The molecule has 0 aliphatic heterocycles. The molecule has 3 aromatic rings. The van der Waals surface area contributed by atoms with Crippen molar-refractivity contribution in [1.82, 2.24) is 4.98 Å². The van der Waals surface area contributed by atoms with Crippen LogP contribution in [0, 0.1) is 0 Å². The van der Waals surface area contributed by atoms with Gasteiger partial charge < -0.3 is 4.74 Å². The summed E-state index contributed by atoms with van der Waals surface area (Å²) in [7, 11) is 0. The van der Waals surface area contributed by atoms with Crippen LogP contribution >= 0.6 is 15.9 Å². The van der Waals surface area contributed by atoms with Crippen LogP contribution < -0.4 is 4.74 Å². The van der Waals surface area contributed by atoms with Gasteiger partial charge in [0.05, 0.1) is 6.54 Å². The molecule has 4 heteroatoms. The molecule has 3 rings (SSSR count). The first kappa shape index (κ1) is 15.4. The normalized spacial score (nSPS) is 11.3. The molecule has 2 aromatic carbocycles. The van der Waals surface area contributed by atoms with Crippen molar-refractivity contribution in [3.8, 4) is 5.75 Å². The molecule has 23 heavy (non-hydrogen) atoms. The summed E-state index contributed by atoms with van der Waals surface area (Å²) in [5.41, 5.74) is 1.82. The van der Waals surface area contributed by atoms with Gasteiger partial charge in [-0.3, -0.25) is 0 Å². The van der Waals surface area contributed by atoms with Gasteiger partial charge in [-0.15, -0.1) is 0 Å². The Labute approximate surface area is 143 Å². The molecule has 3 nitrogen and oxygen atoms in total. The fraction of sp³-hybridized carbons (Fsp3) is 0.0526. The van der Waals surface area contributed by atoms with Gasteiger partial charge in [-0.25, -0.2) is 9.98 Å². The van der Waals surface area contributed by atoms with Crippen molar-refractivity contribution >= 4 is 21.8 Å². The van der Waals surface area contributed by atoms with Crippen LogP contribution in [0.25, 0.3) is 0 Å². The predicted molar refractivity (Wildman–Crippen MR) is 95.7 cm³/mol. The minimum atomic E-state index is 0.501. The summed E-state index contributed by atoms with van der Waals surface area (Å²) in [4.78, 5) is 9.05. The third-order valence-corrected chi connectivity index (χ3v) is 3.58. The molecular weight excluding hydrogens is 352 g/mol. The number of ether oxygens (including phenoxy) is 1. The van der Waals surface area contributed by atoms with Crippen molar-refractivity contribution in [2.75, 3.05) is 0 Å². The monoisotopic (exact) mass is 366 g/mol. The lowest BCUT2D eigenvalue weighted by atomic mass is 10.2. The number of halogens is 1. The Kier molecular flexibility index (Phi) is 5.17. The summed E-state index contributed by atoms with van der Waals surface area (Å²) < 4.78 is 6.69. The first-order valence-electron chi connectivity index (χ1n) is 7.25. The lowest BCUT2D eigenvalue weighted by Gasteiger charge is -2.09. The molecule has 0 fully saturated rings. The van der Waals surface area contributed by atoms with Crippen molar-refractivity contribution in [2.24, 2.45) is 4.99 Å². The van der Waals surface area contributed by atoms with E-state index in [-0.39, 0.29) is 0 Å². The molecule has 0 atom stereocenters. The summed E-state index contributed by atoms with van der Waals surface area (Å²) in [6, 6.07) is 25.4. The van der Waals surface area contributed by atoms with Crippen molar-refractivity contribution in [1.29, 1.82) is 0 Å². The number of para-hydroxylation sites is 1. The molecule has 1 heterocycles. The summed E-state index contributed by atoms with van der Waals surface area (Å²) >= 11 is 3.39. The van der Waals surface area contributed by atoms with E-state index in [4.69, 9.17) is 4.74 Å². The van der Waals surface area contributed by atoms with Crippen LogP contribution in [0.4, 0.5) is 0 Å². The van der Waals surface area contributed by atoms with Crippen LogP contribution in [0.5, 0.6) is 5.75 Å². The number of aliphatic imine (C=N–C) groups is 1. The van der Waals surface area contributed by atoms with E-state index in [2.05, 4.69) is 25.9 Å². The molecule has 0 saturated heterocycles. The molecule has 0 spiro atoms. The maximum Gasteiger partial charge on any atom is 0.241 e. The first-order valence-corrected chi connectivity index (χ1v) is 8.05. The van der Waals surface area contributed by atoms with E-state index in [1.54, 1.807) is 0 Å². The molecule has 0 radical (unpaired) electrons. The predicted octanol–water partition coefficient (Wildman–Crippen LogP) is 4.87. The maximum atomic E-state index is 5.94. The lowest BCUT2D eigenvalue weighted by Crippen LogP contribution is -2.13. The van der Waals surface area contributed by atoms with E-state index in [0.717, 1.165) is 15.9 Å². The zero-order chi connectivity index (χ0) is 15.9. The highest BCUT2D eigenvalue weighted by molar-refractivity contribution is 9.10. The molecule has 114 valence electrons. The highest BCUT2D eigenvalue weighted by Crippen LogP contribution is 2.14.